The van der Waals surface area contributed by atoms with Crippen molar-refractivity contribution in [3.63, 3.8) is 0 Å². The topological polar surface area (TPSA) is 69.3 Å². The van der Waals surface area contributed by atoms with Crippen LogP contribution >= 0.6 is 0 Å². The summed E-state index contributed by atoms with van der Waals surface area (Å²) in [6, 6.07) is 6.36. The summed E-state index contributed by atoms with van der Waals surface area (Å²) in [5.41, 5.74) is 2.40. The van der Waals surface area contributed by atoms with Crippen LogP contribution in [0.2, 0.25) is 0 Å². The molecule has 0 atom stereocenters. The number of ether oxygens (including phenoxy) is 1. The lowest BCUT2D eigenvalue weighted by molar-refractivity contribution is -0.132. The molecule has 2 aromatic heterocycles. The van der Waals surface area contributed by atoms with Crippen LogP contribution in [0.4, 0.5) is 4.39 Å². The Hall–Kier alpha value is -2.93. The first-order valence-corrected chi connectivity index (χ1v) is 8.22. The molecule has 0 amide bonds. The average molecular weight is 357 g/mol. The van der Waals surface area contributed by atoms with Crippen molar-refractivity contribution in [2.45, 2.75) is 20.0 Å². The van der Waals surface area contributed by atoms with Crippen molar-refractivity contribution in [2.24, 2.45) is 7.05 Å². The van der Waals surface area contributed by atoms with Gasteiger partial charge in [-0.15, -0.1) is 0 Å². The zero-order valence-corrected chi connectivity index (χ0v) is 14.9. The van der Waals surface area contributed by atoms with Crippen molar-refractivity contribution >= 4 is 22.9 Å². The van der Waals surface area contributed by atoms with Crippen LogP contribution in [0.1, 0.15) is 24.6 Å². The van der Waals surface area contributed by atoms with Crippen molar-refractivity contribution in [1.82, 2.24) is 14.3 Å². The van der Waals surface area contributed by atoms with Crippen LogP contribution in [0, 0.1) is 5.82 Å². The number of nitrogens with zero attached hydrogens (tertiary/aromatic N) is 3. The van der Waals surface area contributed by atoms with E-state index >= 15 is 0 Å². The van der Waals surface area contributed by atoms with Crippen LogP contribution in [-0.2, 0) is 23.2 Å². The standard InChI is InChI=1S/C19H20FN3O3/c1-4-12(19(24)25)10-15-16(11-26-3)21-22(2)18(15)23-8-7-13-9-14(20)5-6-17(13)23/h5-10H,4,11H2,1-3H3,(H,24,25). The van der Waals surface area contributed by atoms with Gasteiger partial charge in [0, 0.05) is 36.9 Å². The van der Waals surface area contributed by atoms with Crippen molar-refractivity contribution in [3.8, 4) is 5.82 Å². The number of carboxylic acid groups (broad SMARTS) is 1. The molecule has 0 saturated heterocycles. The van der Waals surface area contributed by atoms with Gasteiger partial charge in [0.25, 0.3) is 0 Å². The highest BCUT2D eigenvalue weighted by atomic mass is 19.1. The molecule has 26 heavy (non-hydrogen) atoms. The fourth-order valence-electron chi connectivity index (χ4n) is 3.05. The molecule has 1 aromatic carbocycles. The van der Waals surface area contributed by atoms with Gasteiger partial charge in [-0.25, -0.2) is 9.18 Å². The van der Waals surface area contributed by atoms with Crippen molar-refractivity contribution in [2.75, 3.05) is 7.11 Å². The summed E-state index contributed by atoms with van der Waals surface area (Å²) in [5.74, 6) is -0.574. The van der Waals surface area contributed by atoms with Crippen LogP contribution in [0.15, 0.2) is 36.0 Å². The zero-order chi connectivity index (χ0) is 18.8. The Morgan fingerprint density at radius 3 is 2.81 bits per heavy atom. The van der Waals surface area contributed by atoms with Gasteiger partial charge in [0.1, 0.15) is 11.6 Å². The molecular weight excluding hydrogens is 337 g/mol. The molecule has 0 aliphatic heterocycles. The van der Waals surface area contributed by atoms with Gasteiger partial charge in [0.2, 0.25) is 0 Å². The Kier molecular flexibility index (Phi) is 4.90. The second-order valence-electron chi connectivity index (χ2n) is 5.96. The van der Waals surface area contributed by atoms with E-state index in [1.165, 1.54) is 12.1 Å². The Bertz CT molecular complexity index is 1000. The quantitative estimate of drug-likeness (QED) is 0.685. The summed E-state index contributed by atoms with van der Waals surface area (Å²) in [7, 11) is 3.35. The normalized spacial score (nSPS) is 12.1. The number of carboxylic acids is 1. The molecule has 0 saturated carbocycles. The third-order valence-corrected chi connectivity index (χ3v) is 4.26. The number of methoxy groups -OCH3 is 1. The summed E-state index contributed by atoms with van der Waals surface area (Å²) >= 11 is 0. The minimum Gasteiger partial charge on any atom is -0.478 e. The fourth-order valence-corrected chi connectivity index (χ4v) is 3.05. The third kappa shape index (κ3) is 3.13. The number of halogens is 1. The highest BCUT2D eigenvalue weighted by Crippen LogP contribution is 2.28. The lowest BCUT2D eigenvalue weighted by Gasteiger charge is -2.09. The van der Waals surface area contributed by atoms with Crippen LogP contribution in [0.25, 0.3) is 22.8 Å². The number of aliphatic carboxylic acids is 1. The maximum atomic E-state index is 13.5. The van der Waals surface area contributed by atoms with E-state index in [4.69, 9.17) is 4.74 Å². The van der Waals surface area contributed by atoms with Gasteiger partial charge in [-0.2, -0.15) is 5.10 Å². The van der Waals surface area contributed by atoms with Gasteiger partial charge >= 0.3 is 5.97 Å². The van der Waals surface area contributed by atoms with Gasteiger partial charge in [-0.1, -0.05) is 6.92 Å². The molecular formula is C19H20FN3O3. The summed E-state index contributed by atoms with van der Waals surface area (Å²) in [5, 5.41) is 14.7. The molecule has 2 heterocycles. The van der Waals surface area contributed by atoms with Crippen molar-refractivity contribution < 1.29 is 19.0 Å². The highest BCUT2D eigenvalue weighted by molar-refractivity contribution is 5.93. The molecule has 0 unspecified atom stereocenters. The first-order chi connectivity index (χ1) is 12.5. The van der Waals surface area contributed by atoms with E-state index in [2.05, 4.69) is 5.10 Å². The number of hydrogen-bond donors (Lipinski definition) is 1. The molecule has 0 aliphatic rings. The number of aryl methyl sites for hydroxylation is 1. The maximum absolute atomic E-state index is 13.5. The predicted octanol–water partition coefficient (Wildman–Crippen LogP) is 3.53. The van der Waals surface area contributed by atoms with E-state index in [-0.39, 0.29) is 18.0 Å². The van der Waals surface area contributed by atoms with E-state index in [0.29, 0.717) is 23.5 Å². The number of aromatic nitrogens is 3. The lowest BCUT2D eigenvalue weighted by atomic mass is 10.1. The minimum atomic E-state index is -0.967. The van der Waals surface area contributed by atoms with Gasteiger partial charge in [-0.3, -0.25) is 4.68 Å². The first-order valence-electron chi connectivity index (χ1n) is 8.22. The molecule has 3 rings (SSSR count). The monoisotopic (exact) mass is 357 g/mol. The first kappa shape index (κ1) is 17.9. The Morgan fingerprint density at radius 2 is 2.15 bits per heavy atom. The number of carbonyl (C=O) groups is 1. The van der Waals surface area contributed by atoms with E-state index < -0.39 is 5.97 Å². The SMILES string of the molecule is CCC(=Cc1c(COC)nn(C)c1-n1ccc2cc(F)ccc21)C(=O)O. The second-order valence-corrected chi connectivity index (χ2v) is 5.96. The highest BCUT2D eigenvalue weighted by Gasteiger charge is 2.19. The molecule has 136 valence electrons. The summed E-state index contributed by atoms with van der Waals surface area (Å²) in [4.78, 5) is 11.5. The molecule has 3 aromatic rings. The Balaban J connectivity index is 2.27. The van der Waals surface area contributed by atoms with E-state index in [0.717, 1.165) is 10.9 Å². The largest absolute Gasteiger partial charge is 0.478 e. The molecule has 0 spiro atoms. The fraction of sp³-hybridized carbons (Fsp3) is 0.263. The Morgan fingerprint density at radius 1 is 1.38 bits per heavy atom. The molecule has 7 heteroatoms. The van der Waals surface area contributed by atoms with E-state index in [1.807, 2.05) is 16.8 Å². The maximum Gasteiger partial charge on any atom is 0.331 e. The van der Waals surface area contributed by atoms with Gasteiger partial charge in [0.05, 0.1) is 17.8 Å². The molecule has 0 bridgehead atoms. The average Bonchev–Trinajstić information content (AvgIpc) is 3.12. The minimum absolute atomic E-state index is 0.254. The number of hydrogen-bond acceptors (Lipinski definition) is 3. The molecule has 6 nitrogen and oxygen atoms in total. The lowest BCUT2D eigenvalue weighted by Crippen LogP contribution is -2.04. The van der Waals surface area contributed by atoms with Crippen LogP contribution in [0.3, 0.4) is 0 Å². The zero-order valence-electron chi connectivity index (χ0n) is 14.9. The molecule has 0 radical (unpaired) electrons. The number of benzene rings is 1. The van der Waals surface area contributed by atoms with E-state index in [1.54, 1.807) is 37.9 Å². The van der Waals surface area contributed by atoms with Gasteiger partial charge in [0.15, 0.2) is 0 Å². The van der Waals surface area contributed by atoms with Gasteiger partial charge < -0.3 is 14.4 Å². The third-order valence-electron chi connectivity index (χ3n) is 4.26. The van der Waals surface area contributed by atoms with Crippen LogP contribution in [0.5, 0.6) is 0 Å². The summed E-state index contributed by atoms with van der Waals surface area (Å²) in [6.07, 6.45) is 3.84. The number of rotatable bonds is 6. The van der Waals surface area contributed by atoms with Crippen LogP contribution in [-0.4, -0.2) is 32.5 Å². The molecule has 1 N–H and O–H groups in total. The van der Waals surface area contributed by atoms with E-state index in [9.17, 15) is 14.3 Å². The van der Waals surface area contributed by atoms with Crippen molar-refractivity contribution in [3.05, 3.63) is 53.1 Å². The molecule has 0 aliphatic carbocycles. The summed E-state index contributed by atoms with van der Waals surface area (Å²) < 4.78 is 22.3. The smallest absolute Gasteiger partial charge is 0.331 e. The van der Waals surface area contributed by atoms with Crippen molar-refractivity contribution in [1.29, 1.82) is 0 Å². The second kappa shape index (κ2) is 7.13. The van der Waals surface area contributed by atoms with Crippen LogP contribution < -0.4 is 0 Å². The predicted molar refractivity (Wildman–Crippen MR) is 96.6 cm³/mol. The van der Waals surface area contributed by atoms with Gasteiger partial charge in [-0.05, 0) is 36.8 Å². The Labute approximate surface area is 150 Å². The summed E-state index contributed by atoms with van der Waals surface area (Å²) in [6.45, 7) is 2.05. The molecule has 0 fully saturated rings. The number of fused-ring (bicyclic) bond motifs is 1.